The molecule has 0 aliphatic carbocycles. The molecule has 3 heteroatoms. The fourth-order valence-electron chi connectivity index (χ4n) is 2.65. The maximum Gasteiger partial charge on any atom is 0.150 e. The van der Waals surface area contributed by atoms with Gasteiger partial charge in [0.2, 0.25) is 0 Å². The summed E-state index contributed by atoms with van der Waals surface area (Å²) >= 11 is 0. The summed E-state index contributed by atoms with van der Waals surface area (Å²) < 4.78 is 0. The van der Waals surface area contributed by atoms with Crippen LogP contribution in [-0.2, 0) is 6.42 Å². The molecule has 0 unspecified atom stereocenters. The van der Waals surface area contributed by atoms with Crippen LogP contribution in [0.25, 0.3) is 0 Å². The highest BCUT2D eigenvalue weighted by atomic mass is 15.2. The third kappa shape index (κ3) is 2.06. The SMILES string of the molecule is Cc1ccc2c(c1)CCCN2c1ncccc1C#N. The normalized spacial score (nSPS) is 13.8. The molecule has 19 heavy (non-hydrogen) atoms. The predicted molar refractivity (Wildman–Crippen MR) is 75.5 cm³/mol. The van der Waals surface area contributed by atoms with Crippen molar-refractivity contribution in [2.45, 2.75) is 19.8 Å². The number of nitriles is 1. The lowest BCUT2D eigenvalue weighted by molar-refractivity contribution is 0.758. The zero-order chi connectivity index (χ0) is 13.2. The molecule has 3 rings (SSSR count). The van der Waals surface area contributed by atoms with E-state index in [9.17, 15) is 5.26 Å². The largest absolute Gasteiger partial charge is 0.325 e. The first-order valence-corrected chi connectivity index (χ1v) is 6.52. The van der Waals surface area contributed by atoms with Gasteiger partial charge in [0.25, 0.3) is 0 Å². The summed E-state index contributed by atoms with van der Waals surface area (Å²) in [7, 11) is 0. The Bertz CT molecular complexity index is 655. The Hall–Kier alpha value is -2.34. The van der Waals surface area contributed by atoms with Gasteiger partial charge in [-0.25, -0.2) is 4.98 Å². The molecule has 0 atom stereocenters. The minimum atomic E-state index is 0.635. The molecule has 1 aliphatic rings. The van der Waals surface area contributed by atoms with E-state index >= 15 is 0 Å². The van der Waals surface area contributed by atoms with Crippen molar-refractivity contribution >= 4 is 11.5 Å². The van der Waals surface area contributed by atoms with Gasteiger partial charge >= 0.3 is 0 Å². The number of hydrogen-bond donors (Lipinski definition) is 0. The third-order valence-corrected chi connectivity index (χ3v) is 3.52. The number of aromatic nitrogens is 1. The highest BCUT2D eigenvalue weighted by Gasteiger charge is 2.21. The molecule has 0 N–H and O–H groups in total. The number of hydrogen-bond acceptors (Lipinski definition) is 3. The van der Waals surface area contributed by atoms with Gasteiger partial charge in [0.05, 0.1) is 5.56 Å². The molecule has 0 radical (unpaired) electrons. The number of fused-ring (bicyclic) bond motifs is 1. The van der Waals surface area contributed by atoms with Crippen LogP contribution in [-0.4, -0.2) is 11.5 Å². The van der Waals surface area contributed by atoms with E-state index in [2.05, 4.69) is 41.1 Å². The van der Waals surface area contributed by atoms with Crippen LogP contribution in [0.5, 0.6) is 0 Å². The Balaban J connectivity index is 2.12. The average Bonchev–Trinajstić information content (AvgIpc) is 2.46. The van der Waals surface area contributed by atoms with E-state index in [0.29, 0.717) is 5.56 Å². The van der Waals surface area contributed by atoms with Crippen LogP contribution in [0.4, 0.5) is 11.5 Å². The van der Waals surface area contributed by atoms with Crippen molar-refractivity contribution < 1.29 is 0 Å². The molecule has 0 fully saturated rings. The van der Waals surface area contributed by atoms with Gasteiger partial charge in [-0.15, -0.1) is 0 Å². The number of anilines is 2. The van der Waals surface area contributed by atoms with E-state index in [4.69, 9.17) is 0 Å². The van der Waals surface area contributed by atoms with E-state index in [-0.39, 0.29) is 0 Å². The Kier molecular flexibility index (Phi) is 2.92. The smallest absolute Gasteiger partial charge is 0.150 e. The van der Waals surface area contributed by atoms with E-state index in [1.165, 1.54) is 16.8 Å². The lowest BCUT2D eigenvalue weighted by atomic mass is 9.99. The van der Waals surface area contributed by atoms with Gasteiger partial charge in [0, 0.05) is 18.4 Å². The molecule has 1 aliphatic heterocycles. The molecule has 3 nitrogen and oxygen atoms in total. The first kappa shape index (κ1) is 11.7. The van der Waals surface area contributed by atoms with Crippen molar-refractivity contribution in [3.63, 3.8) is 0 Å². The van der Waals surface area contributed by atoms with E-state index < -0.39 is 0 Å². The van der Waals surface area contributed by atoms with E-state index in [1.807, 2.05) is 12.1 Å². The molecule has 0 spiro atoms. The molecule has 0 saturated heterocycles. The van der Waals surface area contributed by atoms with Gasteiger partial charge in [0.1, 0.15) is 6.07 Å². The van der Waals surface area contributed by atoms with E-state index in [0.717, 1.165) is 25.2 Å². The molecule has 1 aromatic carbocycles. The molecular weight excluding hydrogens is 234 g/mol. The third-order valence-electron chi connectivity index (χ3n) is 3.52. The van der Waals surface area contributed by atoms with E-state index in [1.54, 1.807) is 6.20 Å². The molecule has 94 valence electrons. The van der Waals surface area contributed by atoms with Gasteiger partial charge < -0.3 is 4.90 Å². The van der Waals surface area contributed by atoms with Crippen molar-refractivity contribution in [2.24, 2.45) is 0 Å². The van der Waals surface area contributed by atoms with Crippen molar-refractivity contribution in [3.05, 3.63) is 53.2 Å². The van der Waals surface area contributed by atoms with Crippen LogP contribution >= 0.6 is 0 Å². The molecular formula is C16H15N3. The fraction of sp³-hybridized carbons (Fsp3) is 0.250. The zero-order valence-electron chi connectivity index (χ0n) is 10.9. The topological polar surface area (TPSA) is 39.9 Å². The average molecular weight is 249 g/mol. The zero-order valence-corrected chi connectivity index (χ0v) is 10.9. The number of aryl methyl sites for hydroxylation is 2. The number of benzene rings is 1. The maximum atomic E-state index is 9.22. The summed E-state index contributed by atoms with van der Waals surface area (Å²) in [5.74, 6) is 0.773. The van der Waals surface area contributed by atoms with Gasteiger partial charge in [0.15, 0.2) is 5.82 Å². The molecule has 1 aromatic heterocycles. The minimum absolute atomic E-state index is 0.635. The van der Waals surface area contributed by atoms with Crippen molar-refractivity contribution in [3.8, 4) is 6.07 Å². The summed E-state index contributed by atoms with van der Waals surface area (Å²) in [6, 6.07) is 12.4. The van der Waals surface area contributed by atoms with Crippen LogP contribution in [0, 0.1) is 18.3 Å². The van der Waals surface area contributed by atoms with Crippen LogP contribution < -0.4 is 4.90 Å². The quantitative estimate of drug-likeness (QED) is 0.778. The highest BCUT2D eigenvalue weighted by Crippen LogP contribution is 2.34. The summed E-state index contributed by atoms with van der Waals surface area (Å²) in [5.41, 5.74) is 4.45. The summed E-state index contributed by atoms with van der Waals surface area (Å²) in [4.78, 5) is 6.56. The van der Waals surface area contributed by atoms with Crippen LogP contribution in [0.2, 0.25) is 0 Å². The van der Waals surface area contributed by atoms with Crippen molar-refractivity contribution in [1.82, 2.24) is 4.98 Å². The Morgan fingerprint density at radius 1 is 1.32 bits per heavy atom. The second-order valence-electron chi connectivity index (χ2n) is 4.87. The standard InChI is InChI=1S/C16H15N3/c1-12-6-7-15-13(10-12)5-3-9-19(15)16-14(11-17)4-2-8-18-16/h2,4,6-8,10H,3,5,9H2,1H3. The Labute approximate surface area is 113 Å². The van der Waals surface area contributed by atoms with Gasteiger partial charge in [-0.1, -0.05) is 17.7 Å². The van der Waals surface area contributed by atoms with Crippen LogP contribution in [0.3, 0.4) is 0 Å². The van der Waals surface area contributed by atoms with Gasteiger partial charge in [-0.3, -0.25) is 0 Å². The van der Waals surface area contributed by atoms with Gasteiger partial charge in [-0.2, -0.15) is 5.26 Å². The number of rotatable bonds is 1. The lowest BCUT2D eigenvalue weighted by Gasteiger charge is -2.31. The van der Waals surface area contributed by atoms with Gasteiger partial charge in [-0.05, 0) is 43.5 Å². The second-order valence-corrected chi connectivity index (χ2v) is 4.87. The van der Waals surface area contributed by atoms with Crippen LogP contribution in [0.15, 0.2) is 36.5 Å². The molecule has 2 aromatic rings. The molecule has 0 bridgehead atoms. The Morgan fingerprint density at radius 2 is 2.21 bits per heavy atom. The molecule has 0 amide bonds. The monoisotopic (exact) mass is 249 g/mol. The fourth-order valence-corrected chi connectivity index (χ4v) is 2.65. The second kappa shape index (κ2) is 4.74. The predicted octanol–water partition coefficient (Wildman–Crippen LogP) is 3.35. The number of nitrogens with zero attached hydrogens (tertiary/aromatic N) is 3. The van der Waals surface area contributed by atoms with Crippen molar-refractivity contribution in [1.29, 1.82) is 5.26 Å². The summed E-state index contributed by atoms with van der Waals surface area (Å²) in [6.07, 6.45) is 3.94. The Morgan fingerprint density at radius 3 is 3.05 bits per heavy atom. The first-order chi connectivity index (χ1) is 9.29. The molecule has 0 saturated carbocycles. The first-order valence-electron chi connectivity index (χ1n) is 6.52. The highest BCUT2D eigenvalue weighted by molar-refractivity contribution is 5.69. The minimum Gasteiger partial charge on any atom is -0.325 e. The van der Waals surface area contributed by atoms with Crippen molar-refractivity contribution in [2.75, 3.05) is 11.4 Å². The molecule has 2 heterocycles. The summed E-state index contributed by atoms with van der Waals surface area (Å²) in [5, 5.41) is 9.22. The van der Waals surface area contributed by atoms with Crippen LogP contribution in [0.1, 0.15) is 23.1 Å². The summed E-state index contributed by atoms with van der Waals surface area (Å²) in [6.45, 7) is 3.03. The lowest BCUT2D eigenvalue weighted by Crippen LogP contribution is -2.26. The maximum absolute atomic E-state index is 9.22. The number of pyridine rings is 1.